The molecule has 1 aromatic carbocycles. The number of hydrogen-bond donors (Lipinski definition) is 5. The quantitative estimate of drug-likeness (QED) is 0.278. The van der Waals surface area contributed by atoms with Crippen molar-refractivity contribution >= 4 is 29.2 Å². The summed E-state index contributed by atoms with van der Waals surface area (Å²) in [6.45, 7) is 5.52. The molecule has 12 heteroatoms. The van der Waals surface area contributed by atoms with E-state index in [1.165, 1.54) is 48.4 Å². The number of fused-ring (bicyclic) bond motifs is 3. The topological polar surface area (TPSA) is 124 Å². The Morgan fingerprint density at radius 1 is 1.12 bits per heavy atom. The first-order valence-corrected chi connectivity index (χ1v) is 13.1. The highest BCUT2D eigenvalue weighted by Gasteiger charge is 2.59. The lowest BCUT2D eigenvalue weighted by molar-refractivity contribution is -0.266. The lowest BCUT2D eigenvalue weighted by Crippen LogP contribution is -2.40. The monoisotopic (exact) mass is 551 g/mol. The van der Waals surface area contributed by atoms with E-state index >= 15 is 0 Å². The van der Waals surface area contributed by atoms with Gasteiger partial charge in [-0.25, -0.2) is 9.97 Å². The van der Waals surface area contributed by atoms with Crippen molar-refractivity contribution in [1.29, 1.82) is 0 Å². The van der Waals surface area contributed by atoms with E-state index in [9.17, 15) is 23.1 Å². The molecule has 2 aromatic heterocycles. The molecule has 1 saturated carbocycles. The summed E-state index contributed by atoms with van der Waals surface area (Å²) in [5.41, 5.74) is 0.442. The standard InChI is InChI=1S/C28H28F3N7O2/c1-2-11-33-24(39)19-14-34-25(35-18-4-5-20-17(12-18)13-32-15-26(20)9-10-26)38-23(19)37-21-6-3-16-7-8-27(40,22(16)36-21)28(29,30)31/h2-6,12,14,32,40H,1,7-11,13,15H2,(H,33,39)(H2,34,35,36,37,38)/t27-/m1/s1. The van der Waals surface area contributed by atoms with Crippen molar-refractivity contribution < 1.29 is 23.1 Å². The highest BCUT2D eigenvalue weighted by atomic mass is 19.4. The van der Waals surface area contributed by atoms with Gasteiger partial charge in [0.1, 0.15) is 17.2 Å². The van der Waals surface area contributed by atoms with Gasteiger partial charge in [0.15, 0.2) is 0 Å². The number of rotatable bonds is 7. The molecule has 1 spiro atoms. The van der Waals surface area contributed by atoms with E-state index in [2.05, 4.69) is 48.9 Å². The zero-order chi connectivity index (χ0) is 28.1. The van der Waals surface area contributed by atoms with E-state index in [1.54, 1.807) is 0 Å². The molecule has 2 aliphatic carbocycles. The molecule has 208 valence electrons. The number of aliphatic hydroxyl groups is 1. The van der Waals surface area contributed by atoms with Gasteiger partial charge in [0.2, 0.25) is 11.5 Å². The van der Waals surface area contributed by atoms with Crippen LogP contribution in [-0.2, 0) is 24.0 Å². The van der Waals surface area contributed by atoms with Crippen molar-refractivity contribution in [2.45, 2.75) is 49.4 Å². The van der Waals surface area contributed by atoms with E-state index in [4.69, 9.17) is 0 Å². The molecular formula is C28H28F3N7O2. The summed E-state index contributed by atoms with van der Waals surface area (Å²) in [4.78, 5) is 25.7. The lowest BCUT2D eigenvalue weighted by Gasteiger charge is -2.26. The second kappa shape index (κ2) is 9.56. The number of nitrogens with zero attached hydrogens (tertiary/aromatic N) is 3. The maximum Gasteiger partial charge on any atom is 0.423 e. The third-order valence-corrected chi connectivity index (χ3v) is 7.85. The highest BCUT2D eigenvalue weighted by Crippen LogP contribution is 2.51. The van der Waals surface area contributed by atoms with Crippen molar-refractivity contribution in [2.75, 3.05) is 23.7 Å². The van der Waals surface area contributed by atoms with Gasteiger partial charge in [-0.3, -0.25) is 4.79 Å². The number of halogens is 3. The van der Waals surface area contributed by atoms with Crippen molar-refractivity contribution in [3.63, 3.8) is 0 Å². The van der Waals surface area contributed by atoms with Crippen molar-refractivity contribution in [3.8, 4) is 0 Å². The second-order valence-electron chi connectivity index (χ2n) is 10.5. The van der Waals surface area contributed by atoms with Crippen LogP contribution in [0.25, 0.3) is 0 Å². The Bertz CT molecular complexity index is 1510. The average Bonchev–Trinajstić information content (AvgIpc) is 3.61. The van der Waals surface area contributed by atoms with Crippen molar-refractivity contribution in [2.24, 2.45) is 0 Å². The van der Waals surface area contributed by atoms with Gasteiger partial charge in [0, 0.05) is 36.9 Å². The van der Waals surface area contributed by atoms with E-state index in [-0.39, 0.29) is 41.5 Å². The maximum atomic E-state index is 13.7. The van der Waals surface area contributed by atoms with Gasteiger partial charge >= 0.3 is 6.18 Å². The van der Waals surface area contributed by atoms with Crippen LogP contribution in [0.4, 0.5) is 36.4 Å². The summed E-state index contributed by atoms with van der Waals surface area (Å²) in [7, 11) is 0. The molecule has 3 heterocycles. The van der Waals surface area contributed by atoms with E-state index < -0.39 is 29.8 Å². The number of nitrogens with one attached hydrogen (secondary N) is 4. The summed E-state index contributed by atoms with van der Waals surface area (Å²) >= 11 is 0. The molecule has 1 fully saturated rings. The molecule has 0 radical (unpaired) electrons. The summed E-state index contributed by atoms with van der Waals surface area (Å²) < 4.78 is 41.0. The second-order valence-corrected chi connectivity index (χ2v) is 10.5. The van der Waals surface area contributed by atoms with Crippen LogP contribution in [0.3, 0.4) is 0 Å². The van der Waals surface area contributed by atoms with Gasteiger partial charge in [-0.1, -0.05) is 18.2 Å². The normalized spacial score (nSPS) is 20.4. The van der Waals surface area contributed by atoms with Gasteiger partial charge in [-0.05, 0) is 60.6 Å². The average molecular weight is 552 g/mol. The fourth-order valence-electron chi connectivity index (χ4n) is 5.51. The predicted octanol–water partition coefficient (Wildman–Crippen LogP) is 4.11. The molecule has 6 rings (SSSR count). The molecule has 1 aliphatic heterocycles. The van der Waals surface area contributed by atoms with Crippen LogP contribution < -0.4 is 21.3 Å². The smallest absolute Gasteiger partial charge is 0.375 e. The molecule has 3 aromatic rings. The zero-order valence-corrected chi connectivity index (χ0v) is 21.5. The summed E-state index contributed by atoms with van der Waals surface area (Å²) in [5.74, 6) is -0.283. The SMILES string of the molecule is C=CCNC(=O)c1cnc(Nc2ccc3c(c2)CNCC32CC2)nc1Nc1ccc2c(n1)[C@@](O)(C(F)(F)F)CC2. The Labute approximate surface area is 228 Å². The number of carbonyl (C=O) groups is 1. The van der Waals surface area contributed by atoms with Gasteiger partial charge in [0.05, 0.1) is 5.69 Å². The predicted molar refractivity (Wildman–Crippen MR) is 143 cm³/mol. The molecule has 40 heavy (non-hydrogen) atoms. The molecule has 5 N–H and O–H groups in total. The Hall–Kier alpha value is -4.03. The number of aromatic nitrogens is 3. The summed E-state index contributed by atoms with van der Waals surface area (Å²) in [6.07, 6.45) is -0.152. The van der Waals surface area contributed by atoms with E-state index in [1.807, 2.05) is 12.1 Å². The first-order valence-electron chi connectivity index (χ1n) is 13.1. The molecular weight excluding hydrogens is 523 g/mol. The molecule has 0 bridgehead atoms. The molecule has 1 amide bonds. The minimum atomic E-state index is -4.88. The Kier molecular flexibility index (Phi) is 6.26. The fraction of sp³-hybridized carbons (Fsp3) is 0.357. The van der Waals surface area contributed by atoms with Crippen LogP contribution in [0.1, 0.15) is 52.0 Å². The summed E-state index contributed by atoms with van der Waals surface area (Å²) in [6, 6.07) is 9.11. The van der Waals surface area contributed by atoms with Crippen LogP contribution in [0.5, 0.6) is 0 Å². The number of amides is 1. The maximum absolute atomic E-state index is 13.7. The van der Waals surface area contributed by atoms with Crippen LogP contribution in [-0.4, -0.2) is 45.2 Å². The first kappa shape index (κ1) is 26.2. The number of carbonyl (C=O) groups excluding carboxylic acids is 1. The van der Waals surface area contributed by atoms with Crippen LogP contribution in [0.2, 0.25) is 0 Å². The number of hydrogen-bond acceptors (Lipinski definition) is 8. The molecule has 9 nitrogen and oxygen atoms in total. The summed E-state index contributed by atoms with van der Waals surface area (Å²) in [5, 5.41) is 22.6. The van der Waals surface area contributed by atoms with Crippen LogP contribution in [0.15, 0.2) is 49.2 Å². The molecule has 1 atom stereocenters. The molecule has 0 saturated heterocycles. The first-order chi connectivity index (χ1) is 19.1. The third-order valence-electron chi connectivity index (χ3n) is 7.85. The molecule has 0 unspecified atom stereocenters. The Balaban J connectivity index is 1.31. The van der Waals surface area contributed by atoms with Gasteiger partial charge in [-0.15, -0.1) is 6.58 Å². The number of benzene rings is 1. The zero-order valence-electron chi connectivity index (χ0n) is 21.5. The van der Waals surface area contributed by atoms with Crippen molar-refractivity contribution in [3.05, 3.63) is 77.1 Å². The van der Waals surface area contributed by atoms with E-state index in [0.717, 1.165) is 18.8 Å². The van der Waals surface area contributed by atoms with E-state index in [0.29, 0.717) is 5.56 Å². The minimum absolute atomic E-state index is 0.000308. The number of aryl methyl sites for hydroxylation is 1. The molecule has 3 aliphatic rings. The minimum Gasteiger partial charge on any atom is -0.375 e. The number of pyridine rings is 1. The highest BCUT2D eigenvalue weighted by molar-refractivity contribution is 5.99. The fourth-order valence-corrected chi connectivity index (χ4v) is 5.51. The van der Waals surface area contributed by atoms with Gasteiger partial charge in [-0.2, -0.15) is 18.2 Å². The lowest BCUT2D eigenvalue weighted by atomic mass is 9.88. The van der Waals surface area contributed by atoms with Gasteiger partial charge in [0.25, 0.3) is 5.91 Å². The Morgan fingerprint density at radius 2 is 1.95 bits per heavy atom. The van der Waals surface area contributed by atoms with Crippen LogP contribution in [0, 0.1) is 0 Å². The largest absolute Gasteiger partial charge is 0.423 e. The van der Waals surface area contributed by atoms with Crippen molar-refractivity contribution in [1.82, 2.24) is 25.6 Å². The third kappa shape index (κ3) is 4.56. The Morgan fingerprint density at radius 3 is 2.70 bits per heavy atom. The number of alkyl halides is 3. The van der Waals surface area contributed by atoms with Crippen LogP contribution >= 0.6 is 0 Å². The number of anilines is 4. The van der Waals surface area contributed by atoms with Gasteiger partial charge < -0.3 is 26.4 Å².